The molecule has 0 aromatic heterocycles. The van der Waals surface area contributed by atoms with E-state index in [9.17, 15) is 14.7 Å². The first-order valence-corrected chi connectivity index (χ1v) is 4.60. The first-order valence-electron chi connectivity index (χ1n) is 4.60. The number of hydrogen-bond donors (Lipinski definition) is 2. The van der Waals surface area contributed by atoms with Crippen LogP contribution in [0.4, 0.5) is 0 Å². The van der Waals surface area contributed by atoms with Gasteiger partial charge >= 0.3 is 0 Å². The maximum atomic E-state index is 11.5. The minimum Gasteiger partial charge on any atom is -0.504 e. The highest BCUT2D eigenvalue weighted by Crippen LogP contribution is 2.33. The summed E-state index contributed by atoms with van der Waals surface area (Å²) in [7, 11) is 1.27. The fourth-order valence-corrected chi connectivity index (χ4v) is 1.31. The zero-order valence-electron chi connectivity index (χ0n) is 8.93. The van der Waals surface area contributed by atoms with E-state index in [1.54, 1.807) is 0 Å². The van der Waals surface area contributed by atoms with E-state index in [2.05, 4.69) is 0 Å². The van der Waals surface area contributed by atoms with Gasteiger partial charge in [-0.1, -0.05) is 0 Å². The number of ketones is 1. The number of rotatable bonds is 4. The van der Waals surface area contributed by atoms with Crippen LogP contribution in [0.25, 0.3) is 0 Å². The Kier molecular flexibility index (Phi) is 3.63. The van der Waals surface area contributed by atoms with Crippen LogP contribution in [0.1, 0.15) is 27.6 Å². The van der Waals surface area contributed by atoms with Crippen LogP contribution >= 0.6 is 0 Å². The molecule has 0 amide bonds. The molecule has 0 bridgehead atoms. The van der Waals surface area contributed by atoms with Gasteiger partial charge in [-0.25, -0.2) is 0 Å². The number of phenols is 1. The van der Waals surface area contributed by atoms with Crippen molar-refractivity contribution in [3.8, 4) is 11.5 Å². The number of aldehydes is 1. The Morgan fingerprint density at radius 2 is 2.12 bits per heavy atom. The van der Waals surface area contributed by atoms with Crippen molar-refractivity contribution in [1.29, 1.82) is 0 Å². The van der Waals surface area contributed by atoms with Crippen LogP contribution in [0.15, 0.2) is 12.1 Å². The maximum Gasteiger partial charge on any atom is 0.194 e. The summed E-state index contributed by atoms with van der Waals surface area (Å²) in [6, 6.07) is 2.62. The molecule has 1 aromatic rings. The topological polar surface area (TPSA) is 83.8 Å². The molecule has 0 spiro atoms. The average molecular weight is 224 g/mol. The summed E-state index contributed by atoms with van der Waals surface area (Å²) in [4.78, 5) is 22.1. The van der Waals surface area contributed by atoms with Gasteiger partial charge in [-0.2, -0.15) is 0 Å². The molecule has 0 aliphatic carbocycles. The molecule has 0 radical (unpaired) electrons. The van der Waals surface area contributed by atoms with Crippen molar-refractivity contribution in [2.45, 2.75) is 13.0 Å². The predicted octanol–water partition coefficient (Wildman–Crippen LogP) is 0.777. The van der Waals surface area contributed by atoms with E-state index in [1.807, 2.05) is 0 Å². The third-order valence-electron chi connectivity index (χ3n) is 2.14. The van der Waals surface area contributed by atoms with Gasteiger partial charge in [-0.15, -0.1) is 0 Å². The van der Waals surface area contributed by atoms with Crippen LogP contribution in [0, 0.1) is 0 Å². The molecule has 86 valence electrons. The fraction of sp³-hybridized carbons (Fsp3) is 0.273. The molecule has 0 saturated carbocycles. The summed E-state index contributed by atoms with van der Waals surface area (Å²) in [6.07, 6.45) is -0.746. The lowest BCUT2D eigenvalue weighted by Gasteiger charge is -2.11. The molecule has 1 rings (SSSR count). The summed E-state index contributed by atoms with van der Waals surface area (Å²) in [5, 5.41) is 18.8. The Morgan fingerprint density at radius 1 is 1.50 bits per heavy atom. The van der Waals surface area contributed by atoms with Crippen molar-refractivity contribution in [3.05, 3.63) is 23.3 Å². The van der Waals surface area contributed by atoms with Crippen LogP contribution in [-0.4, -0.2) is 35.5 Å². The van der Waals surface area contributed by atoms with Gasteiger partial charge in [0.2, 0.25) is 0 Å². The Morgan fingerprint density at radius 3 is 2.56 bits per heavy atom. The highest BCUT2D eigenvalue weighted by Gasteiger charge is 2.21. The maximum absolute atomic E-state index is 11.5. The van der Waals surface area contributed by atoms with Crippen LogP contribution in [-0.2, 0) is 0 Å². The van der Waals surface area contributed by atoms with Crippen LogP contribution in [0.2, 0.25) is 0 Å². The minimum absolute atomic E-state index is 0.0268. The summed E-state index contributed by atoms with van der Waals surface area (Å²) in [6.45, 7) is 1.31. The summed E-state index contributed by atoms with van der Waals surface area (Å²) < 4.78 is 4.85. The molecule has 1 unspecified atom stereocenters. The van der Waals surface area contributed by atoms with Gasteiger partial charge in [0.05, 0.1) is 18.2 Å². The number of phenolic OH excluding ortho intramolecular Hbond substituents is 1. The number of Topliss-reactive ketones (excluding diaryl/α,β-unsaturated/α-hetero) is 1. The number of aromatic hydroxyl groups is 1. The lowest BCUT2D eigenvalue weighted by atomic mass is 10.0. The Balaban J connectivity index is 3.37. The standard InChI is InChI=1S/C11H12O5/c1-6(13)9(14)8-4-3-7(5-12)10(15)11(8)16-2/h3-6,13,15H,1-2H3. The summed E-state index contributed by atoms with van der Waals surface area (Å²) >= 11 is 0. The number of methoxy groups -OCH3 is 1. The van der Waals surface area contributed by atoms with Gasteiger partial charge in [-0.05, 0) is 19.1 Å². The van der Waals surface area contributed by atoms with Crippen LogP contribution in [0.3, 0.4) is 0 Å². The van der Waals surface area contributed by atoms with E-state index in [-0.39, 0.29) is 16.9 Å². The van der Waals surface area contributed by atoms with Crippen molar-refractivity contribution >= 4 is 12.1 Å². The number of benzene rings is 1. The third-order valence-corrected chi connectivity index (χ3v) is 2.14. The first kappa shape index (κ1) is 12.2. The number of hydrogen-bond acceptors (Lipinski definition) is 5. The molecular formula is C11H12O5. The van der Waals surface area contributed by atoms with Crippen molar-refractivity contribution in [2.75, 3.05) is 7.11 Å². The first-order chi connectivity index (χ1) is 7.52. The lowest BCUT2D eigenvalue weighted by Crippen LogP contribution is -2.17. The quantitative estimate of drug-likeness (QED) is 0.583. The number of carbonyl (C=O) groups is 2. The number of aliphatic hydroxyl groups is 1. The van der Waals surface area contributed by atoms with Crippen molar-refractivity contribution < 1.29 is 24.5 Å². The molecule has 0 heterocycles. The third kappa shape index (κ3) is 2.04. The molecule has 1 aromatic carbocycles. The SMILES string of the molecule is COc1c(C(=O)C(C)O)ccc(C=O)c1O. The summed E-state index contributed by atoms with van der Waals surface area (Å²) in [5.74, 6) is -1.08. The smallest absolute Gasteiger partial charge is 0.194 e. The molecule has 16 heavy (non-hydrogen) atoms. The second-order valence-corrected chi connectivity index (χ2v) is 3.24. The molecule has 0 aliphatic heterocycles. The van der Waals surface area contributed by atoms with Gasteiger partial charge in [0.25, 0.3) is 0 Å². The Hall–Kier alpha value is -1.88. The number of carbonyl (C=O) groups excluding carboxylic acids is 2. The zero-order valence-corrected chi connectivity index (χ0v) is 8.93. The normalized spacial score (nSPS) is 11.9. The molecular weight excluding hydrogens is 212 g/mol. The zero-order chi connectivity index (χ0) is 12.3. The molecule has 2 N–H and O–H groups in total. The van der Waals surface area contributed by atoms with Crippen molar-refractivity contribution in [3.63, 3.8) is 0 Å². The summed E-state index contributed by atoms with van der Waals surface area (Å²) in [5.41, 5.74) is 0.0691. The van der Waals surface area contributed by atoms with Gasteiger partial charge < -0.3 is 14.9 Å². The van der Waals surface area contributed by atoms with E-state index in [0.717, 1.165) is 0 Å². The lowest BCUT2D eigenvalue weighted by molar-refractivity contribution is 0.0775. The molecule has 0 saturated heterocycles. The molecule has 1 atom stereocenters. The monoisotopic (exact) mass is 224 g/mol. The molecule has 5 heteroatoms. The highest BCUT2D eigenvalue weighted by atomic mass is 16.5. The Bertz CT molecular complexity index is 423. The second kappa shape index (κ2) is 4.76. The Labute approximate surface area is 92.3 Å². The van der Waals surface area contributed by atoms with E-state index >= 15 is 0 Å². The molecule has 0 fully saturated rings. The predicted molar refractivity (Wildman–Crippen MR) is 56.1 cm³/mol. The minimum atomic E-state index is -1.20. The average Bonchev–Trinajstić information content (AvgIpc) is 2.27. The molecule has 0 aliphatic rings. The second-order valence-electron chi connectivity index (χ2n) is 3.24. The van der Waals surface area contributed by atoms with E-state index in [1.165, 1.54) is 26.2 Å². The number of aliphatic hydroxyl groups excluding tert-OH is 1. The van der Waals surface area contributed by atoms with Gasteiger partial charge in [0, 0.05) is 0 Å². The van der Waals surface area contributed by atoms with Crippen molar-refractivity contribution in [1.82, 2.24) is 0 Å². The van der Waals surface area contributed by atoms with Gasteiger partial charge in [-0.3, -0.25) is 9.59 Å². The highest BCUT2D eigenvalue weighted by molar-refractivity contribution is 6.03. The van der Waals surface area contributed by atoms with Gasteiger partial charge in [0.1, 0.15) is 6.10 Å². The van der Waals surface area contributed by atoms with Crippen LogP contribution in [0.5, 0.6) is 11.5 Å². The van der Waals surface area contributed by atoms with E-state index in [0.29, 0.717) is 6.29 Å². The van der Waals surface area contributed by atoms with E-state index < -0.39 is 17.6 Å². The molecule has 5 nitrogen and oxygen atoms in total. The number of ether oxygens (including phenoxy) is 1. The van der Waals surface area contributed by atoms with Crippen LogP contribution < -0.4 is 4.74 Å². The van der Waals surface area contributed by atoms with E-state index in [4.69, 9.17) is 9.84 Å². The fourth-order valence-electron chi connectivity index (χ4n) is 1.31. The largest absolute Gasteiger partial charge is 0.504 e. The van der Waals surface area contributed by atoms with Crippen molar-refractivity contribution in [2.24, 2.45) is 0 Å². The van der Waals surface area contributed by atoms with Gasteiger partial charge in [0.15, 0.2) is 23.6 Å².